The van der Waals surface area contributed by atoms with Gasteiger partial charge in [-0.15, -0.1) is 0 Å². The molecule has 0 radical (unpaired) electrons. The number of anilines is 1. The molecule has 0 saturated heterocycles. The molecule has 21 heavy (non-hydrogen) atoms. The Hall–Kier alpha value is -2.54. The van der Waals surface area contributed by atoms with Gasteiger partial charge in [-0.2, -0.15) is 0 Å². The van der Waals surface area contributed by atoms with Gasteiger partial charge in [0.2, 0.25) is 0 Å². The number of nitro benzene ring substituents is 1. The van der Waals surface area contributed by atoms with Gasteiger partial charge in [0.1, 0.15) is 27.9 Å². The lowest BCUT2D eigenvalue weighted by atomic mass is 10.1. The quantitative estimate of drug-likeness (QED) is 0.692. The molecule has 2 aromatic rings. The van der Waals surface area contributed by atoms with Gasteiger partial charge in [0.05, 0.1) is 4.92 Å². The van der Waals surface area contributed by atoms with Gasteiger partial charge in [-0.1, -0.05) is 23.7 Å². The summed E-state index contributed by atoms with van der Waals surface area (Å²) in [6.45, 7) is 0. The first-order valence-corrected chi connectivity index (χ1v) is 5.98. The van der Waals surface area contributed by atoms with Gasteiger partial charge in [-0.25, -0.2) is 8.78 Å². The highest BCUT2D eigenvalue weighted by Crippen LogP contribution is 2.29. The monoisotopic (exact) mass is 312 g/mol. The molecular formula is C13H7ClF2N2O3. The molecule has 0 aliphatic rings. The summed E-state index contributed by atoms with van der Waals surface area (Å²) in [6, 6.07) is 6.72. The summed E-state index contributed by atoms with van der Waals surface area (Å²) in [4.78, 5) is 22.1. The fourth-order valence-electron chi connectivity index (χ4n) is 1.68. The molecule has 5 nitrogen and oxygen atoms in total. The molecule has 0 heterocycles. The summed E-state index contributed by atoms with van der Waals surface area (Å²) >= 11 is 5.66. The highest BCUT2D eigenvalue weighted by atomic mass is 35.5. The van der Waals surface area contributed by atoms with Gasteiger partial charge in [0, 0.05) is 0 Å². The van der Waals surface area contributed by atoms with Crippen molar-refractivity contribution in [2.75, 3.05) is 5.32 Å². The minimum atomic E-state index is -1.03. The second-order valence-corrected chi connectivity index (χ2v) is 4.35. The Morgan fingerprint density at radius 3 is 2.29 bits per heavy atom. The SMILES string of the molecule is O=C(Nc1c(F)cccc1F)c1cccc(Cl)c1[N+](=O)[O-]. The molecule has 0 saturated carbocycles. The maximum Gasteiger partial charge on any atom is 0.300 e. The molecule has 0 aliphatic carbocycles. The number of nitrogens with one attached hydrogen (secondary N) is 1. The molecule has 2 aromatic carbocycles. The van der Waals surface area contributed by atoms with E-state index in [-0.39, 0.29) is 5.02 Å². The van der Waals surface area contributed by atoms with Crippen LogP contribution in [-0.2, 0) is 0 Å². The van der Waals surface area contributed by atoms with E-state index < -0.39 is 39.4 Å². The molecule has 0 atom stereocenters. The number of para-hydroxylation sites is 2. The largest absolute Gasteiger partial charge is 0.317 e. The lowest BCUT2D eigenvalue weighted by molar-refractivity contribution is -0.385. The summed E-state index contributed by atoms with van der Waals surface area (Å²) in [5.74, 6) is -3.02. The van der Waals surface area contributed by atoms with Gasteiger partial charge in [-0.3, -0.25) is 14.9 Å². The normalized spacial score (nSPS) is 10.2. The molecule has 0 fully saturated rings. The molecule has 0 spiro atoms. The Kier molecular flexibility index (Phi) is 4.13. The van der Waals surface area contributed by atoms with Crippen LogP contribution in [0.1, 0.15) is 10.4 Å². The van der Waals surface area contributed by atoms with Gasteiger partial charge in [-0.05, 0) is 24.3 Å². The minimum Gasteiger partial charge on any atom is -0.317 e. The van der Waals surface area contributed by atoms with E-state index in [2.05, 4.69) is 0 Å². The molecule has 0 unspecified atom stereocenters. The van der Waals surface area contributed by atoms with Crippen molar-refractivity contribution >= 4 is 28.9 Å². The first-order chi connectivity index (χ1) is 9.91. The Labute approximate surface area is 122 Å². The average molecular weight is 313 g/mol. The van der Waals surface area contributed by atoms with Crippen molar-refractivity contribution in [2.45, 2.75) is 0 Å². The van der Waals surface area contributed by atoms with Crippen LogP contribution in [-0.4, -0.2) is 10.8 Å². The highest BCUT2D eigenvalue weighted by molar-refractivity contribution is 6.33. The molecule has 108 valence electrons. The average Bonchev–Trinajstić information content (AvgIpc) is 2.42. The van der Waals surface area contributed by atoms with E-state index in [1.807, 2.05) is 5.32 Å². The zero-order valence-corrected chi connectivity index (χ0v) is 11.0. The van der Waals surface area contributed by atoms with Gasteiger partial charge >= 0.3 is 5.69 Å². The first kappa shape index (κ1) is 14.9. The number of nitro groups is 1. The number of halogens is 3. The predicted molar refractivity (Wildman–Crippen MR) is 72.4 cm³/mol. The van der Waals surface area contributed by atoms with Crippen LogP contribution in [0.5, 0.6) is 0 Å². The van der Waals surface area contributed by atoms with E-state index in [0.717, 1.165) is 24.3 Å². The van der Waals surface area contributed by atoms with Crippen molar-refractivity contribution in [1.29, 1.82) is 0 Å². The maximum atomic E-state index is 13.5. The summed E-state index contributed by atoms with van der Waals surface area (Å²) < 4.78 is 26.9. The number of benzene rings is 2. The number of carbonyl (C=O) groups excluding carboxylic acids is 1. The third-order valence-corrected chi connectivity index (χ3v) is 2.92. The van der Waals surface area contributed by atoms with E-state index in [1.54, 1.807) is 0 Å². The molecule has 1 N–H and O–H groups in total. The van der Waals surface area contributed by atoms with Crippen molar-refractivity contribution in [3.8, 4) is 0 Å². The van der Waals surface area contributed by atoms with Crippen molar-refractivity contribution in [1.82, 2.24) is 0 Å². The topological polar surface area (TPSA) is 72.2 Å². The summed E-state index contributed by atoms with van der Waals surface area (Å²) in [5, 5.41) is 12.6. The third kappa shape index (κ3) is 2.97. The number of amides is 1. The number of nitrogens with zero attached hydrogens (tertiary/aromatic N) is 1. The van der Waals surface area contributed by atoms with Crippen LogP contribution in [0.15, 0.2) is 36.4 Å². The van der Waals surface area contributed by atoms with Crippen LogP contribution >= 0.6 is 11.6 Å². The highest BCUT2D eigenvalue weighted by Gasteiger charge is 2.24. The lowest BCUT2D eigenvalue weighted by Crippen LogP contribution is -2.16. The Balaban J connectivity index is 2.43. The fourth-order valence-corrected chi connectivity index (χ4v) is 1.93. The zero-order valence-electron chi connectivity index (χ0n) is 10.3. The molecule has 2 rings (SSSR count). The third-order valence-electron chi connectivity index (χ3n) is 2.62. The number of hydrogen-bond acceptors (Lipinski definition) is 3. The van der Waals surface area contributed by atoms with Crippen LogP contribution in [0, 0.1) is 21.7 Å². The van der Waals surface area contributed by atoms with E-state index in [1.165, 1.54) is 12.1 Å². The molecule has 8 heteroatoms. The fraction of sp³-hybridized carbons (Fsp3) is 0. The van der Waals surface area contributed by atoms with E-state index in [9.17, 15) is 23.7 Å². The molecule has 0 bridgehead atoms. The van der Waals surface area contributed by atoms with Crippen LogP contribution < -0.4 is 5.32 Å². The Morgan fingerprint density at radius 1 is 1.14 bits per heavy atom. The molecule has 0 aliphatic heterocycles. The molecule has 1 amide bonds. The second kappa shape index (κ2) is 5.84. The van der Waals surface area contributed by atoms with Crippen LogP contribution in [0.2, 0.25) is 5.02 Å². The van der Waals surface area contributed by atoms with Gasteiger partial charge < -0.3 is 5.32 Å². The van der Waals surface area contributed by atoms with Crippen molar-refractivity contribution < 1.29 is 18.5 Å². The van der Waals surface area contributed by atoms with Crippen molar-refractivity contribution in [3.63, 3.8) is 0 Å². The van der Waals surface area contributed by atoms with Crippen molar-refractivity contribution in [2.24, 2.45) is 0 Å². The number of carbonyl (C=O) groups is 1. The lowest BCUT2D eigenvalue weighted by Gasteiger charge is -2.08. The summed E-state index contributed by atoms with van der Waals surface area (Å²) in [6.07, 6.45) is 0. The maximum absolute atomic E-state index is 13.5. The number of rotatable bonds is 3. The standard InChI is InChI=1S/C13H7ClF2N2O3/c14-8-4-1-3-7(12(8)18(20)21)13(19)17-11-9(15)5-2-6-10(11)16/h1-6H,(H,17,19). The van der Waals surface area contributed by atoms with E-state index in [4.69, 9.17) is 11.6 Å². The summed E-state index contributed by atoms with van der Waals surface area (Å²) in [5.41, 5.74) is -1.71. The van der Waals surface area contributed by atoms with Gasteiger partial charge in [0.15, 0.2) is 0 Å². The van der Waals surface area contributed by atoms with E-state index >= 15 is 0 Å². The first-order valence-electron chi connectivity index (χ1n) is 5.60. The predicted octanol–water partition coefficient (Wildman–Crippen LogP) is 3.78. The van der Waals surface area contributed by atoms with Crippen LogP contribution in [0.3, 0.4) is 0 Å². The Morgan fingerprint density at radius 2 is 1.71 bits per heavy atom. The van der Waals surface area contributed by atoms with Crippen molar-refractivity contribution in [3.05, 3.63) is 68.7 Å². The number of hydrogen-bond donors (Lipinski definition) is 1. The second-order valence-electron chi connectivity index (χ2n) is 3.94. The zero-order chi connectivity index (χ0) is 15.6. The summed E-state index contributed by atoms with van der Waals surface area (Å²) in [7, 11) is 0. The van der Waals surface area contributed by atoms with Gasteiger partial charge in [0.25, 0.3) is 5.91 Å². The van der Waals surface area contributed by atoms with Crippen LogP contribution in [0.4, 0.5) is 20.2 Å². The Bertz CT molecular complexity index is 717. The molecular weight excluding hydrogens is 306 g/mol. The minimum absolute atomic E-state index is 0.248. The van der Waals surface area contributed by atoms with Crippen LogP contribution in [0.25, 0.3) is 0 Å². The smallest absolute Gasteiger partial charge is 0.300 e. The van der Waals surface area contributed by atoms with E-state index in [0.29, 0.717) is 0 Å². The molecule has 0 aromatic heterocycles.